The van der Waals surface area contributed by atoms with E-state index in [-0.39, 0.29) is 0 Å². The van der Waals surface area contributed by atoms with Gasteiger partial charge in [0.1, 0.15) is 0 Å². The lowest BCUT2D eigenvalue weighted by Gasteiger charge is -2.37. The third-order valence-electron chi connectivity index (χ3n) is 4.34. The number of unbranched alkanes of at least 4 members (excludes halogenated alkanes) is 1. The number of nitrogens with two attached hydrogens (primary N) is 1. The summed E-state index contributed by atoms with van der Waals surface area (Å²) >= 11 is 0. The van der Waals surface area contributed by atoms with Crippen molar-refractivity contribution in [2.75, 3.05) is 26.2 Å². The van der Waals surface area contributed by atoms with Crippen molar-refractivity contribution in [3.05, 3.63) is 0 Å². The van der Waals surface area contributed by atoms with Gasteiger partial charge in [-0.05, 0) is 62.7 Å². The summed E-state index contributed by atoms with van der Waals surface area (Å²) in [6.07, 6.45) is 6.65. The number of hydrogen-bond acceptors (Lipinski definition) is 2. The molecular weight excluding hydrogens is 208 g/mol. The van der Waals surface area contributed by atoms with Gasteiger partial charge in [-0.15, -0.1) is 0 Å². The summed E-state index contributed by atoms with van der Waals surface area (Å²) in [5.74, 6) is 0. The number of hydrogen-bond donors (Lipinski definition) is 1. The van der Waals surface area contributed by atoms with E-state index < -0.39 is 0 Å². The highest BCUT2D eigenvalue weighted by Gasteiger charge is 2.24. The van der Waals surface area contributed by atoms with Gasteiger partial charge in [-0.1, -0.05) is 34.1 Å². The molecule has 0 unspecified atom stereocenters. The normalized spacial score (nSPS) is 21.7. The largest absolute Gasteiger partial charge is 0.330 e. The fourth-order valence-corrected chi connectivity index (χ4v) is 2.42. The zero-order valence-corrected chi connectivity index (χ0v) is 12.4. The Morgan fingerprint density at radius 2 is 1.71 bits per heavy atom. The van der Waals surface area contributed by atoms with Crippen molar-refractivity contribution < 1.29 is 0 Å². The van der Waals surface area contributed by atoms with Crippen LogP contribution in [-0.4, -0.2) is 31.1 Å². The van der Waals surface area contributed by atoms with Gasteiger partial charge in [-0.25, -0.2) is 0 Å². The topological polar surface area (TPSA) is 29.3 Å². The molecule has 1 rings (SSSR count). The van der Waals surface area contributed by atoms with Crippen LogP contribution >= 0.6 is 0 Å². The second-order valence-corrected chi connectivity index (χ2v) is 7.33. The minimum Gasteiger partial charge on any atom is -0.330 e. The van der Waals surface area contributed by atoms with Gasteiger partial charge in [-0.3, -0.25) is 0 Å². The van der Waals surface area contributed by atoms with E-state index in [9.17, 15) is 0 Å². The quantitative estimate of drug-likeness (QED) is 0.722. The molecule has 2 N–H and O–H groups in total. The van der Waals surface area contributed by atoms with Crippen molar-refractivity contribution in [3.63, 3.8) is 0 Å². The van der Waals surface area contributed by atoms with Crippen molar-refractivity contribution >= 4 is 0 Å². The third kappa shape index (κ3) is 5.87. The minimum atomic E-state index is 0.337. The van der Waals surface area contributed by atoms with Crippen LogP contribution in [0.1, 0.15) is 59.8 Å². The fraction of sp³-hybridized carbons (Fsp3) is 1.00. The molecule has 0 radical (unpaired) electrons. The van der Waals surface area contributed by atoms with Gasteiger partial charge in [0.05, 0.1) is 0 Å². The molecule has 102 valence electrons. The highest BCUT2D eigenvalue weighted by Crippen LogP contribution is 2.30. The molecule has 0 spiro atoms. The minimum absolute atomic E-state index is 0.337. The van der Waals surface area contributed by atoms with Crippen molar-refractivity contribution in [1.82, 2.24) is 4.90 Å². The van der Waals surface area contributed by atoms with Gasteiger partial charge in [0.2, 0.25) is 0 Å². The molecule has 1 fully saturated rings. The van der Waals surface area contributed by atoms with Crippen LogP contribution in [0, 0.1) is 10.8 Å². The lowest BCUT2D eigenvalue weighted by Crippen LogP contribution is -2.37. The zero-order valence-electron chi connectivity index (χ0n) is 12.4. The van der Waals surface area contributed by atoms with E-state index in [0.29, 0.717) is 10.8 Å². The fourth-order valence-electron chi connectivity index (χ4n) is 2.42. The Kier molecular flexibility index (Phi) is 5.46. The Morgan fingerprint density at radius 3 is 2.24 bits per heavy atom. The van der Waals surface area contributed by atoms with Crippen LogP contribution in [0.3, 0.4) is 0 Å². The maximum absolute atomic E-state index is 5.75. The average molecular weight is 240 g/mol. The summed E-state index contributed by atoms with van der Waals surface area (Å²) in [4.78, 5) is 2.64. The number of piperidine rings is 1. The van der Waals surface area contributed by atoms with Crippen molar-refractivity contribution in [1.29, 1.82) is 0 Å². The summed E-state index contributed by atoms with van der Waals surface area (Å²) in [6, 6.07) is 0. The first-order chi connectivity index (χ1) is 7.85. The van der Waals surface area contributed by atoms with Crippen molar-refractivity contribution in [2.24, 2.45) is 16.6 Å². The van der Waals surface area contributed by atoms with Crippen molar-refractivity contribution in [2.45, 2.75) is 59.8 Å². The third-order valence-corrected chi connectivity index (χ3v) is 4.34. The molecule has 1 heterocycles. The molecule has 1 aliphatic rings. The average Bonchev–Trinajstić information content (AvgIpc) is 2.26. The summed E-state index contributed by atoms with van der Waals surface area (Å²) in [5, 5.41) is 0. The van der Waals surface area contributed by atoms with E-state index >= 15 is 0 Å². The van der Waals surface area contributed by atoms with Gasteiger partial charge in [0.15, 0.2) is 0 Å². The number of nitrogens with zero attached hydrogens (tertiary/aromatic N) is 1. The maximum atomic E-state index is 5.75. The van der Waals surface area contributed by atoms with Gasteiger partial charge in [0.25, 0.3) is 0 Å². The van der Waals surface area contributed by atoms with Gasteiger partial charge in [0, 0.05) is 0 Å². The highest BCUT2D eigenvalue weighted by atomic mass is 15.1. The van der Waals surface area contributed by atoms with Crippen LogP contribution in [0.25, 0.3) is 0 Å². The lowest BCUT2D eigenvalue weighted by atomic mass is 9.82. The molecule has 0 amide bonds. The first-order valence-corrected chi connectivity index (χ1v) is 7.27. The Bertz CT molecular complexity index is 211. The summed E-state index contributed by atoms with van der Waals surface area (Å²) < 4.78 is 0. The van der Waals surface area contributed by atoms with Crippen LogP contribution in [0.2, 0.25) is 0 Å². The summed E-state index contributed by atoms with van der Waals surface area (Å²) in [5.41, 5.74) is 6.67. The van der Waals surface area contributed by atoms with E-state index in [1.165, 1.54) is 51.7 Å². The summed E-state index contributed by atoms with van der Waals surface area (Å²) in [6.45, 7) is 14.0. The molecular formula is C15H32N2. The van der Waals surface area contributed by atoms with Crippen molar-refractivity contribution in [3.8, 4) is 0 Å². The monoisotopic (exact) mass is 240 g/mol. The highest BCUT2D eigenvalue weighted by molar-refractivity contribution is 4.78. The molecule has 0 aromatic rings. The zero-order chi connectivity index (χ0) is 12.9. The molecule has 0 saturated carbocycles. The standard InChI is InChI=1S/C15H32N2/c1-14(2)8-11-17(12-9-14)10-6-5-7-15(3,4)13-16/h5-13,16H2,1-4H3. The Morgan fingerprint density at radius 1 is 1.12 bits per heavy atom. The molecule has 2 heteroatoms. The van der Waals surface area contributed by atoms with Gasteiger partial charge < -0.3 is 10.6 Å². The Hall–Kier alpha value is -0.0800. The summed E-state index contributed by atoms with van der Waals surface area (Å²) in [7, 11) is 0. The Balaban J connectivity index is 2.08. The van der Waals surface area contributed by atoms with Gasteiger partial charge in [-0.2, -0.15) is 0 Å². The molecule has 1 aliphatic heterocycles. The molecule has 0 bridgehead atoms. The van der Waals surface area contributed by atoms with E-state index in [1.54, 1.807) is 0 Å². The molecule has 0 aliphatic carbocycles. The lowest BCUT2D eigenvalue weighted by molar-refractivity contribution is 0.129. The van der Waals surface area contributed by atoms with Crippen LogP contribution in [0.15, 0.2) is 0 Å². The molecule has 17 heavy (non-hydrogen) atoms. The van der Waals surface area contributed by atoms with E-state index in [2.05, 4.69) is 32.6 Å². The smallest absolute Gasteiger partial charge is 0.00136 e. The molecule has 0 aromatic heterocycles. The predicted octanol–water partition coefficient (Wildman–Crippen LogP) is 3.26. The molecule has 0 aromatic carbocycles. The van der Waals surface area contributed by atoms with Crippen LogP contribution in [0.5, 0.6) is 0 Å². The second kappa shape index (κ2) is 6.19. The van der Waals surface area contributed by atoms with E-state index in [4.69, 9.17) is 5.73 Å². The molecule has 1 saturated heterocycles. The van der Waals surface area contributed by atoms with Crippen LogP contribution < -0.4 is 5.73 Å². The second-order valence-electron chi connectivity index (χ2n) is 7.33. The first-order valence-electron chi connectivity index (χ1n) is 7.27. The van der Waals surface area contributed by atoms with Crippen LogP contribution in [-0.2, 0) is 0 Å². The molecule has 0 atom stereocenters. The predicted molar refractivity (Wildman–Crippen MR) is 76.1 cm³/mol. The van der Waals surface area contributed by atoms with E-state index in [0.717, 1.165) is 6.54 Å². The van der Waals surface area contributed by atoms with Gasteiger partial charge >= 0.3 is 0 Å². The molecule has 2 nitrogen and oxygen atoms in total. The van der Waals surface area contributed by atoms with E-state index in [1.807, 2.05) is 0 Å². The first kappa shape index (κ1) is 15.0. The maximum Gasteiger partial charge on any atom is -0.00136 e. The Labute approximate surface area is 108 Å². The number of rotatable bonds is 6. The SMILES string of the molecule is CC(C)(CN)CCCCN1CCC(C)(C)CC1. The number of likely N-dealkylation sites (tertiary alicyclic amines) is 1. The van der Waals surface area contributed by atoms with Crippen LogP contribution in [0.4, 0.5) is 0 Å².